The number of amides is 1. The van der Waals surface area contributed by atoms with Crippen LogP contribution in [0, 0.1) is 0 Å². The van der Waals surface area contributed by atoms with E-state index in [0.29, 0.717) is 45.7 Å². The number of carbonyl (C=O) groups is 1. The summed E-state index contributed by atoms with van der Waals surface area (Å²) < 4.78 is 32.5. The van der Waals surface area contributed by atoms with E-state index in [9.17, 15) is 13.2 Å². The van der Waals surface area contributed by atoms with Gasteiger partial charge in [0.1, 0.15) is 5.75 Å². The number of halogens is 2. The Hall–Kier alpha value is -2.74. The normalized spacial score (nSPS) is 13.1. The van der Waals surface area contributed by atoms with Gasteiger partial charge in [-0.15, -0.1) is 0 Å². The molecule has 160 valence electrons. The van der Waals surface area contributed by atoms with Crippen LogP contribution in [0.15, 0.2) is 65.6 Å². The fraction of sp³-hybridized carbons (Fsp3) is 0.136. The van der Waals surface area contributed by atoms with Crippen molar-refractivity contribution in [3.8, 4) is 5.75 Å². The topological polar surface area (TPSA) is 75.7 Å². The van der Waals surface area contributed by atoms with Crippen LogP contribution in [0.5, 0.6) is 5.75 Å². The molecule has 0 aliphatic carbocycles. The van der Waals surface area contributed by atoms with E-state index in [-0.39, 0.29) is 10.8 Å². The molecular weight excluding hydrogens is 459 g/mol. The first-order chi connectivity index (χ1) is 14.8. The molecule has 3 aromatic rings. The Morgan fingerprint density at radius 1 is 1.03 bits per heavy atom. The van der Waals surface area contributed by atoms with Crippen LogP contribution in [0.1, 0.15) is 15.9 Å². The van der Waals surface area contributed by atoms with E-state index >= 15 is 0 Å². The molecule has 0 fully saturated rings. The van der Waals surface area contributed by atoms with E-state index in [1.165, 1.54) is 23.5 Å². The number of methoxy groups -OCH3 is 1. The van der Waals surface area contributed by atoms with Crippen molar-refractivity contribution in [3.63, 3.8) is 0 Å². The second kappa shape index (κ2) is 8.42. The summed E-state index contributed by atoms with van der Waals surface area (Å²) in [6.07, 6.45) is 0.512. The maximum Gasteiger partial charge on any atom is 0.264 e. The lowest BCUT2D eigenvalue weighted by molar-refractivity contribution is 0.102. The number of rotatable bonds is 5. The zero-order valence-electron chi connectivity index (χ0n) is 16.4. The summed E-state index contributed by atoms with van der Waals surface area (Å²) in [5.41, 5.74) is 2.32. The van der Waals surface area contributed by atoms with Crippen molar-refractivity contribution < 1.29 is 17.9 Å². The van der Waals surface area contributed by atoms with E-state index in [0.717, 1.165) is 5.56 Å². The molecule has 3 aromatic carbocycles. The van der Waals surface area contributed by atoms with Crippen LogP contribution in [0.25, 0.3) is 0 Å². The van der Waals surface area contributed by atoms with Crippen molar-refractivity contribution in [2.45, 2.75) is 11.3 Å². The van der Waals surface area contributed by atoms with Gasteiger partial charge in [0.2, 0.25) is 0 Å². The van der Waals surface area contributed by atoms with Crippen molar-refractivity contribution in [1.29, 1.82) is 0 Å². The van der Waals surface area contributed by atoms with Crippen molar-refractivity contribution in [2.75, 3.05) is 23.3 Å². The summed E-state index contributed by atoms with van der Waals surface area (Å²) in [5.74, 6) is 0.197. The molecule has 0 spiro atoms. The van der Waals surface area contributed by atoms with Gasteiger partial charge in [-0.3, -0.25) is 9.10 Å². The van der Waals surface area contributed by atoms with Crippen molar-refractivity contribution >= 4 is 50.5 Å². The number of anilines is 2. The number of fused-ring (bicyclic) bond motifs is 1. The maximum atomic E-state index is 13.0. The predicted octanol–water partition coefficient (Wildman–Crippen LogP) is 5.01. The Morgan fingerprint density at radius 3 is 2.45 bits per heavy atom. The van der Waals surface area contributed by atoms with Crippen LogP contribution < -0.4 is 14.4 Å². The molecule has 0 saturated carbocycles. The number of hydrogen-bond donors (Lipinski definition) is 1. The van der Waals surface area contributed by atoms with E-state index < -0.39 is 10.0 Å². The van der Waals surface area contributed by atoms with E-state index in [4.69, 9.17) is 27.9 Å². The molecule has 0 radical (unpaired) electrons. The fourth-order valence-electron chi connectivity index (χ4n) is 3.44. The lowest BCUT2D eigenvalue weighted by Crippen LogP contribution is -2.29. The first kappa shape index (κ1) is 21.5. The molecule has 0 atom stereocenters. The minimum atomic E-state index is -3.71. The summed E-state index contributed by atoms with van der Waals surface area (Å²) in [5, 5.41) is 3.64. The number of sulfonamides is 1. The quantitative estimate of drug-likeness (QED) is 0.561. The Bertz CT molecular complexity index is 1260. The number of hydrogen-bond acceptors (Lipinski definition) is 4. The van der Waals surface area contributed by atoms with E-state index in [1.54, 1.807) is 48.5 Å². The summed E-state index contributed by atoms with van der Waals surface area (Å²) in [7, 11) is -2.20. The first-order valence-corrected chi connectivity index (χ1v) is 11.6. The van der Waals surface area contributed by atoms with Gasteiger partial charge in [-0.25, -0.2) is 8.42 Å². The lowest BCUT2D eigenvalue weighted by atomic mass is 10.1. The van der Waals surface area contributed by atoms with Crippen LogP contribution in [-0.2, 0) is 16.4 Å². The molecule has 0 bridgehead atoms. The number of benzene rings is 3. The van der Waals surface area contributed by atoms with E-state index in [2.05, 4.69) is 5.32 Å². The average molecular weight is 477 g/mol. The van der Waals surface area contributed by atoms with Gasteiger partial charge in [-0.05, 0) is 72.6 Å². The highest BCUT2D eigenvalue weighted by Gasteiger charge is 2.31. The Morgan fingerprint density at radius 2 is 1.77 bits per heavy atom. The molecule has 6 nitrogen and oxygen atoms in total. The third-order valence-electron chi connectivity index (χ3n) is 5.01. The van der Waals surface area contributed by atoms with Gasteiger partial charge >= 0.3 is 0 Å². The summed E-state index contributed by atoms with van der Waals surface area (Å²) in [4.78, 5) is 12.9. The zero-order chi connectivity index (χ0) is 22.2. The molecule has 0 saturated heterocycles. The third kappa shape index (κ3) is 4.21. The molecule has 1 heterocycles. The van der Waals surface area contributed by atoms with Gasteiger partial charge < -0.3 is 10.1 Å². The largest absolute Gasteiger partial charge is 0.495 e. The molecule has 31 heavy (non-hydrogen) atoms. The second-order valence-corrected chi connectivity index (χ2v) is 9.63. The predicted molar refractivity (Wildman–Crippen MR) is 122 cm³/mol. The van der Waals surface area contributed by atoms with Gasteiger partial charge in [0.15, 0.2) is 0 Å². The number of nitrogens with one attached hydrogen (secondary N) is 1. The van der Waals surface area contributed by atoms with E-state index in [1.807, 2.05) is 0 Å². The standard InChI is InChI=1S/C22H18Cl2N2O4S/c1-30-21-9-5-17(13-19(21)24)25-22(27)15-2-8-20-14(12-15)10-11-26(20)31(28,29)18-6-3-16(23)4-7-18/h2-9,12-13H,10-11H2,1H3,(H,25,27). The molecule has 0 unspecified atom stereocenters. The fourth-order valence-corrected chi connectivity index (χ4v) is 5.33. The first-order valence-electron chi connectivity index (χ1n) is 9.36. The lowest BCUT2D eigenvalue weighted by Gasteiger charge is -2.19. The molecular formula is C22H18Cl2N2O4S. The highest BCUT2D eigenvalue weighted by Crippen LogP contribution is 2.34. The molecule has 4 rings (SSSR count). The number of ether oxygens (including phenoxy) is 1. The summed E-state index contributed by atoms with van der Waals surface area (Å²) in [6, 6.07) is 16.0. The summed E-state index contributed by atoms with van der Waals surface area (Å²) >= 11 is 12.0. The molecule has 1 amide bonds. The van der Waals surface area contributed by atoms with Gasteiger partial charge in [-0.2, -0.15) is 0 Å². The van der Waals surface area contributed by atoms with Crippen LogP contribution in [0.4, 0.5) is 11.4 Å². The zero-order valence-corrected chi connectivity index (χ0v) is 18.8. The Kier molecular flexibility index (Phi) is 5.83. The third-order valence-corrected chi connectivity index (χ3v) is 7.38. The van der Waals surface area contributed by atoms with Gasteiger partial charge in [0.25, 0.3) is 15.9 Å². The van der Waals surface area contributed by atoms with Gasteiger partial charge in [-0.1, -0.05) is 23.2 Å². The summed E-state index contributed by atoms with van der Waals surface area (Å²) in [6.45, 7) is 0.305. The van der Waals surface area contributed by atoms with Crippen LogP contribution in [0.2, 0.25) is 10.0 Å². The average Bonchev–Trinajstić information content (AvgIpc) is 3.18. The van der Waals surface area contributed by atoms with Crippen LogP contribution in [0.3, 0.4) is 0 Å². The molecule has 1 N–H and O–H groups in total. The van der Waals surface area contributed by atoms with Crippen molar-refractivity contribution in [2.24, 2.45) is 0 Å². The molecule has 1 aliphatic heterocycles. The Balaban J connectivity index is 1.56. The highest BCUT2D eigenvalue weighted by atomic mass is 35.5. The second-order valence-electron chi connectivity index (χ2n) is 6.93. The molecule has 9 heteroatoms. The maximum absolute atomic E-state index is 13.0. The van der Waals surface area contributed by atoms with Crippen molar-refractivity contribution in [3.05, 3.63) is 81.8 Å². The minimum Gasteiger partial charge on any atom is -0.495 e. The SMILES string of the molecule is COc1ccc(NC(=O)c2ccc3c(c2)CCN3S(=O)(=O)c2ccc(Cl)cc2)cc1Cl. The highest BCUT2D eigenvalue weighted by molar-refractivity contribution is 7.92. The van der Waals surface area contributed by atoms with Gasteiger partial charge in [0, 0.05) is 22.8 Å². The molecule has 0 aromatic heterocycles. The van der Waals surface area contributed by atoms with Crippen LogP contribution in [-0.4, -0.2) is 28.0 Å². The van der Waals surface area contributed by atoms with Crippen LogP contribution >= 0.6 is 23.2 Å². The molecule has 1 aliphatic rings. The smallest absolute Gasteiger partial charge is 0.264 e. The number of carbonyl (C=O) groups excluding carboxylic acids is 1. The minimum absolute atomic E-state index is 0.169. The Labute approximate surface area is 190 Å². The van der Waals surface area contributed by atoms with Gasteiger partial charge in [0.05, 0.1) is 22.7 Å². The number of nitrogens with zero attached hydrogens (tertiary/aromatic N) is 1. The van der Waals surface area contributed by atoms with Crippen molar-refractivity contribution in [1.82, 2.24) is 0 Å². The monoisotopic (exact) mass is 476 g/mol.